The summed E-state index contributed by atoms with van der Waals surface area (Å²) >= 11 is 0. The van der Waals surface area contributed by atoms with E-state index in [9.17, 15) is 18.0 Å². The maximum atomic E-state index is 13.5. The topological polar surface area (TPSA) is 105 Å². The van der Waals surface area contributed by atoms with Crippen molar-refractivity contribution in [1.29, 1.82) is 0 Å². The van der Waals surface area contributed by atoms with Crippen LogP contribution >= 0.6 is 0 Å². The van der Waals surface area contributed by atoms with Gasteiger partial charge in [-0.2, -0.15) is 4.31 Å². The number of hydrogen-bond acceptors (Lipinski definition) is 5. The molecule has 1 fully saturated rings. The lowest BCUT2D eigenvalue weighted by atomic mass is 10.1. The van der Waals surface area contributed by atoms with E-state index in [1.807, 2.05) is 25.1 Å². The molecule has 9 heteroatoms. The van der Waals surface area contributed by atoms with Gasteiger partial charge in [-0.1, -0.05) is 12.1 Å². The Kier molecular flexibility index (Phi) is 5.49. The van der Waals surface area contributed by atoms with Gasteiger partial charge in [0.2, 0.25) is 15.9 Å². The minimum Gasteiger partial charge on any atom is -0.479 e. The zero-order valence-electron chi connectivity index (χ0n) is 17.6. The fraction of sp³-hybridized carbons (Fsp3) is 0.364. The molecule has 0 unspecified atom stereocenters. The van der Waals surface area contributed by atoms with Crippen LogP contribution in [0.2, 0.25) is 0 Å². The molecule has 2 aromatic carbocycles. The summed E-state index contributed by atoms with van der Waals surface area (Å²) in [7, 11) is -3.95. The van der Waals surface area contributed by atoms with Crippen LogP contribution in [0.5, 0.6) is 5.75 Å². The highest BCUT2D eigenvalue weighted by atomic mass is 32.2. The Labute approximate surface area is 181 Å². The van der Waals surface area contributed by atoms with Crippen LogP contribution in [0.1, 0.15) is 30.9 Å². The van der Waals surface area contributed by atoms with Gasteiger partial charge in [-0.15, -0.1) is 0 Å². The van der Waals surface area contributed by atoms with Crippen molar-refractivity contribution in [2.75, 3.05) is 17.2 Å². The van der Waals surface area contributed by atoms with Crippen LogP contribution in [0.4, 0.5) is 11.4 Å². The lowest BCUT2D eigenvalue weighted by Gasteiger charge is -2.27. The number of aryl methyl sites for hydroxylation is 2. The van der Waals surface area contributed by atoms with Crippen molar-refractivity contribution in [1.82, 2.24) is 4.31 Å². The third kappa shape index (κ3) is 4.03. The van der Waals surface area contributed by atoms with Crippen molar-refractivity contribution >= 4 is 33.2 Å². The highest BCUT2D eigenvalue weighted by molar-refractivity contribution is 7.89. The molecule has 0 aromatic heterocycles. The molecule has 2 aliphatic rings. The zero-order chi connectivity index (χ0) is 22.3. The van der Waals surface area contributed by atoms with E-state index in [0.29, 0.717) is 35.5 Å². The van der Waals surface area contributed by atoms with E-state index >= 15 is 0 Å². The van der Waals surface area contributed by atoms with E-state index in [1.165, 1.54) is 10.4 Å². The normalized spacial score (nSPS) is 21.2. The molecular formula is C22H25N3O5S. The van der Waals surface area contributed by atoms with Crippen molar-refractivity contribution in [3.8, 4) is 5.75 Å². The molecule has 0 radical (unpaired) electrons. The summed E-state index contributed by atoms with van der Waals surface area (Å²) in [5, 5.41) is 5.56. The van der Waals surface area contributed by atoms with E-state index in [0.717, 1.165) is 5.56 Å². The molecule has 164 valence electrons. The van der Waals surface area contributed by atoms with Crippen LogP contribution in [0, 0.1) is 13.8 Å². The largest absolute Gasteiger partial charge is 0.479 e. The molecule has 0 spiro atoms. The molecule has 2 N–H and O–H groups in total. The average Bonchev–Trinajstić information content (AvgIpc) is 3.20. The summed E-state index contributed by atoms with van der Waals surface area (Å²) in [4.78, 5) is 24.8. The molecule has 8 nitrogen and oxygen atoms in total. The predicted molar refractivity (Wildman–Crippen MR) is 117 cm³/mol. The minimum absolute atomic E-state index is 0.0739. The number of benzene rings is 2. The minimum atomic E-state index is -3.95. The van der Waals surface area contributed by atoms with Gasteiger partial charge in [0.25, 0.3) is 5.91 Å². The SMILES string of the molecule is Cc1cccc(NC(=O)[C@@H]2CCCN2S(=O)(=O)c2cc3c(cc2C)NC(=O)[C@H](C)O3)c1. The summed E-state index contributed by atoms with van der Waals surface area (Å²) in [6.07, 6.45) is 0.328. The van der Waals surface area contributed by atoms with Crippen LogP contribution in [0.15, 0.2) is 41.3 Å². The number of carbonyl (C=O) groups is 2. The van der Waals surface area contributed by atoms with Gasteiger partial charge in [0.1, 0.15) is 11.8 Å². The monoisotopic (exact) mass is 443 g/mol. The molecule has 0 saturated carbocycles. The first-order chi connectivity index (χ1) is 14.7. The fourth-order valence-corrected chi connectivity index (χ4v) is 5.87. The van der Waals surface area contributed by atoms with Gasteiger partial charge in [0.15, 0.2) is 6.10 Å². The number of fused-ring (bicyclic) bond motifs is 1. The van der Waals surface area contributed by atoms with Gasteiger partial charge in [0.05, 0.1) is 10.6 Å². The second kappa shape index (κ2) is 7.97. The lowest BCUT2D eigenvalue weighted by Crippen LogP contribution is -2.43. The van der Waals surface area contributed by atoms with Gasteiger partial charge >= 0.3 is 0 Å². The molecule has 31 heavy (non-hydrogen) atoms. The molecular weight excluding hydrogens is 418 g/mol. The van der Waals surface area contributed by atoms with E-state index in [4.69, 9.17) is 4.74 Å². The average molecular weight is 444 g/mol. The standard InChI is InChI=1S/C22H25N3O5S/c1-13-6-4-7-16(10-13)23-22(27)18-8-5-9-25(18)31(28,29)20-12-19-17(11-14(20)2)24-21(26)15(3)30-19/h4,6-7,10-12,15,18H,5,8-9H2,1-3H3,(H,23,27)(H,24,26)/t15-,18-/m0/s1. The Balaban J connectivity index is 1.63. The molecule has 2 amide bonds. The maximum absolute atomic E-state index is 13.5. The van der Waals surface area contributed by atoms with E-state index < -0.39 is 22.2 Å². The summed E-state index contributed by atoms with van der Waals surface area (Å²) in [6, 6.07) is 9.61. The summed E-state index contributed by atoms with van der Waals surface area (Å²) in [5.41, 5.74) is 2.55. The van der Waals surface area contributed by atoms with Gasteiger partial charge in [-0.25, -0.2) is 8.42 Å². The van der Waals surface area contributed by atoms with Gasteiger partial charge in [-0.3, -0.25) is 9.59 Å². The zero-order valence-corrected chi connectivity index (χ0v) is 18.5. The Morgan fingerprint density at radius 3 is 2.74 bits per heavy atom. The van der Waals surface area contributed by atoms with Crippen molar-refractivity contribution in [3.05, 3.63) is 47.5 Å². The maximum Gasteiger partial charge on any atom is 0.265 e. The Morgan fingerprint density at radius 1 is 1.23 bits per heavy atom. The second-order valence-electron chi connectivity index (χ2n) is 8.00. The van der Waals surface area contributed by atoms with Gasteiger partial charge in [-0.05, 0) is 62.9 Å². The number of hydrogen-bond donors (Lipinski definition) is 2. The number of ether oxygens (including phenoxy) is 1. The summed E-state index contributed by atoms with van der Waals surface area (Å²) < 4.78 is 33.9. The first-order valence-electron chi connectivity index (χ1n) is 10.2. The molecule has 2 aromatic rings. The molecule has 1 saturated heterocycles. The number of sulfonamides is 1. The fourth-order valence-electron chi connectivity index (χ4n) is 3.99. The van der Waals surface area contributed by atoms with Crippen LogP contribution in [-0.2, 0) is 19.6 Å². The van der Waals surface area contributed by atoms with E-state index in [-0.39, 0.29) is 23.3 Å². The van der Waals surface area contributed by atoms with Crippen molar-refractivity contribution < 1.29 is 22.7 Å². The smallest absolute Gasteiger partial charge is 0.265 e. The Morgan fingerprint density at radius 2 is 2.00 bits per heavy atom. The lowest BCUT2D eigenvalue weighted by molar-refractivity contribution is -0.122. The summed E-state index contributed by atoms with van der Waals surface area (Å²) in [6.45, 7) is 5.44. The van der Waals surface area contributed by atoms with Gasteiger partial charge in [0, 0.05) is 18.3 Å². The van der Waals surface area contributed by atoms with Crippen molar-refractivity contribution in [2.24, 2.45) is 0 Å². The Hall–Kier alpha value is -2.91. The van der Waals surface area contributed by atoms with Crippen LogP contribution in [0.25, 0.3) is 0 Å². The number of amides is 2. The third-order valence-corrected chi connectivity index (χ3v) is 7.64. The number of anilines is 2. The van der Waals surface area contributed by atoms with E-state index in [2.05, 4.69) is 10.6 Å². The predicted octanol–water partition coefficient (Wildman–Crippen LogP) is 2.81. The number of nitrogens with zero attached hydrogens (tertiary/aromatic N) is 1. The third-order valence-electron chi connectivity index (χ3n) is 5.59. The molecule has 2 aliphatic heterocycles. The molecule has 2 heterocycles. The summed E-state index contributed by atoms with van der Waals surface area (Å²) in [5.74, 6) is -0.328. The molecule has 4 rings (SSSR count). The highest BCUT2D eigenvalue weighted by Gasteiger charge is 2.40. The van der Waals surface area contributed by atoms with E-state index in [1.54, 1.807) is 26.0 Å². The second-order valence-corrected chi connectivity index (χ2v) is 9.85. The first kappa shape index (κ1) is 21.3. The van der Waals surface area contributed by atoms with Crippen LogP contribution < -0.4 is 15.4 Å². The van der Waals surface area contributed by atoms with Crippen molar-refractivity contribution in [2.45, 2.75) is 50.7 Å². The number of rotatable bonds is 4. The quantitative estimate of drug-likeness (QED) is 0.756. The molecule has 2 atom stereocenters. The first-order valence-corrected chi connectivity index (χ1v) is 11.6. The molecule has 0 aliphatic carbocycles. The van der Waals surface area contributed by atoms with Crippen LogP contribution in [0.3, 0.4) is 0 Å². The van der Waals surface area contributed by atoms with Gasteiger partial charge < -0.3 is 15.4 Å². The Bertz CT molecular complexity index is 1160. The molecule has 0 bridgehead atoms. The highest BCUT2D eigenvalue weighted by Crippen LogP contribution is 2.37. The number of nitrogens with one attached hydrogen (secondary N) is 2. The number of carbonyl (C=O) groups excluding carboxylic acids is 2. The van der Waals surface area contributed by atoms with Crippen LogP contribution in [-0.4, -0.2) is 43.2 Å². The van der Waals surface area contributed by atoms with Crippen molar-refractivity contribution in [3.63, 3.8) is 0 Å².